The molecule has 2 nitrogen and oxygen atoms in total. The Morgan fingerprint density at radius 2 is 1.87 bits per heavy atom. The third kappa shape index (κ3) is 3.24. The number of hydrogen-bond acceptors (Lipinski definition) is 2. The van der Waals surface area contributed by atoms with E-state index in [1.165, 1.54) is 18.4 Å². The molecule has 0 aromatic heterocycles. The highest BCUT2D eigenvalue weighted by molar-refractivity contribution is 5.26. The molecule has 1 N–H and O–H groups in total. The highest BCUT2D eigenvalue weighted by Gasteiger charge is 2.13. The molecule has 2 heteroatoms. The fourth-order valence-electron chi connectivity index (χ4n) is 1.90. The first kappa shape index (κ1) is 10.5. The zero-order valence-electron chi connectivity index (χ0n) is 9.33. The smallest absolute Gasteiger partial charge is 0.119 e. The van der Waals surface area contributed by atoms with Crippen molar-refractivity contribution in [2.45, 2.75) is 19.8 Å². The van der Waals surface area contributed by atoms with Crippen molar-refractivity contribution in [1.82, 2.24) is 5.32 Å². The van der Waals surface area contributed by atoms with Crippen molar-refractivity contribution in [3.8, 4) is 5.75 Å². The Kier molecular flexibility index (Phi) is 3.62. The SMILES string of the molecule is Cc1ccc(OCC2CCNCC2)cc1. The summed E-state index contributed by atoms with van der Waals surface area (Å²) < 4.78 is 5.77. The summed E-state index contributed by atoms with van der Waals surface area (Å²) in [6, 6.07) is 8.29. The minimum absolute atomic E-state index is 0.729. The molecule has 0 unspecified atom stereocenters. The second-order valence-electron chi connectivity index (χ2n) is 4.32. The summed E-state index contributed by atoms with van der Waals surface area (Å²) in [5.74, 6) is 1.73. The van der Waals surface area contributed by atoms with Crippen LogP contribution in [0.4, 0.5) is 0 Å². The third-order valence-corrected chi connectivity index (χ3v) is 2.97. The van der Waals surface area contributed by atoms with Gasteiger partial charge in [-0.15, -0.1) is 0 Å². The molecule has 15 heavy (non-hydrogen) atoms. The maximum Gasteiger partial charge on any atom is 0.119 e. The van der Waals surface area contributed by atoms with Crippen LogP contribution in [0.2, 0.25) is 0 Å². The molecule has 1 fully saturated rings. The standard InChI is InChI=1S/C13H19NO/c1-11-2-4-13(5-3-11)15-10-12-6-8-14-9-7-12/h2-5,12,14H,6-10H2,1H3. The Bertz CT molecular complexity index is 288. The summed E-state index contributed by atoms with van der Waals surface area (Å²) in [7, 11) is 0. The van der Waals surface area contributed by atoms with Crippen molar-refractivity contribution < 1.29 is 4.74 Å². The van der Waals surface area contributed by atoms with Crippen LogP contribution >= 0.6 is 0 Å². The lowest BCUT2D eigenvalue weighted by atomic mass is 9.99. The van der Waals surface area contributed by atoms with Crippen molar-refractivity contribution in [3.63, 3.8) is 0 Å². The van der Waals surface area contributed by atoms with Crippen molar-refractivity contribution >= 4 is 0 Å². The van der Waals surface area contributed by atoms with Crippen LogP contribution in [0.25, 0.3) is 0 Å². The number of aryl methyl sites for hydroxylation is 1. The highest BCUT2D eigenvalue weighted by atomic mass is 16.5. The Labute approximate surface area is 91.6 Å². The van der Waals surface area contributed by atoms with E-state index in [9.17, 15) is 0 Å². The minimum Gasteiger partial charge on any atom is -0.493 e. The predicted molar refractivity (Wildman–Crippen MR) is 62.3 cm³/mol. The molecule has 1 aromatic rings. The average Bonchev–Trinajstić information content (AvgIpc) is 2.30. The van der Waals surface area contributed by atoms with Gasteiger partial charge in [-0.05, 0) is 50.9 Å². The number of nitrogens with one attached hydrogen (secondary N) is 1. The topological polar surface area (TPSA) is 21.3 Å². The molecule has 0 atom stereocenters. The first-order valence-electron chi connectivity index (χ1n) is 5.75. The van der Waals surface area contributed by atoms with Crippen molar-refractivity contribution in [2.24, 2.45) is 5.92 Å². The van der Waals surface area contributed by atoms with Gasteiger partial charge in [0.1, 0.15) is 5.75 Å². The van der Waals surface area contributed by atoms with E-state index in [2.05, 4.69) is 36.5 Å². The van der Waals surface area contributed by atoms with Gasteiger partial charge >= 0.3 is 0 Å². The average molecular weight is 205 g/mol. The molecule has 1 saturated heterocycles. The number of piperidine rings is 1. The van der Waals surface area contributed by atoms with Crippen molar-refractivity contribution in [2.75, 3.05) is 19.7 Å². The molecule has 1 aliphatic rings. The van der Waals surface area contributed by atoms with Gasteiger partial charge in [0.15, 0.2) is 0 Å². The first-order chi connectivity index (χ1) is 7.34. The van der Waals surface area contributed by atoms with Crippen molar-refractivity contribution in [3.05, 3.63) is 29.8 Å². The van der Waals surface area contributed by atoms with E-state index in [1.807, 2.05) is 0 Å². The zero-order valence-corrected chi connectivity index (χ0v) is 9.33. The van der Waals surface area contributed by atoms with Gasteiger partial charge in [0, 0.05) is 0 Å². The normalized spacial score (nSPS) is 17.7. The summed E-state index contributed by atoms with van der Waals surface area (Å²) >= 11 is 0. The molecule has 2 rings (SSSR count). The Balaban J connectivity index is 1.79. The van der Waals surface area contributed by atoms with Crippen LogP contribution in [0.5, 0.6) is 5.75 Å². The molecular formula is C13H19NO. The fourth-order valence-corrected chi connectivity index (χ4v) is 1.90. The van der Waals surface area contributed by atoms with E-state index in [-0.39, 0.29) is 0 Å². The maximum atomic E-state index is 5.77. The maximum absolute atomic E-state index is 5.77. The van der Waals surface area contributed by atoms with Gasteiger partial charge in [0.05, 0.1) is 6.61 Å². The molecule has 0 spiro atoms. The Morgan fingerprint density at radius 1 is 1.20 bits per heavy atom. The van der Waals surface area contributed by atoms with Gasteiger partial charge in [0.2, 0.25) is 0 Å². The minimum atomic E-state index is 0.729. The summed E-state index contributed by atoms with van der Waals surface area (Å²) in [5, 5.41) is 3.36. The molecule has 82 valence electrons. The third-order valence-electron chi connectivity index (χ3n) is 2.97. The van der Waals surface area contributed by atoms with Crippen LogP contribution in [0.15, 0.2) is 24.3 Å². The summed E-state index contributed by atoms with van der Waals surface area (Å²) in [5.41, 5.74) is 1.28. The van der Waals surface area contributed by atoms with E-state index in [4.69, 9.17) is 4.74 Å². The molecule has 1 aliphatic heterocycles. The lowest BCUT2D eigenvalue weighted by molar-refractivity contribution is 0.215. The molecule has 0 saturated carbocycles. The second kappa shape index (κ2) is 5.17. The lowest BCUT2D eigenvalue weighted by Crippen LogP contribution is -2.30. The van der Waals surface area contributed by atoms with Gasteiger partial charge in [-0.2, -0.15) is 0 Å². The van der Waals surface area contributed by atoms with Crippen LogP contribution in [0.1, 0.15) is 18.4 Å². The van der Waals surface area contributed by atoms with Crippen LogP contribution in [-0.2, 0) is 0 Å². The summed E-state index contributed by atoms with van der Waals surface area (Å²) in [6.45, 7) is 5.24. The van der Waals surface area contributed by atoms with Crippen LogP contribution in [0.3, 0.4) is 0 Å². The first-order valence-corrected chi connectivity index (χ1v) is 5.75. The largest absolute Gasteiger partial charge is 0.493 e. The van der Waals surface area contributed by atoms with Gasteiger partial charge < -0.3 is 10.1 Å². The monoisotopic (exact) mass is 205 g/mol. The van der Waals surface area contributed by atoms with Gasteiger partial charge in [-0.3, -0.25) is 0 Å². The summed E-state index contributed by atoms with van der Waals surface area (Å²) in [4.78, 5) is 0. The van der Waals surface area contributed by atoms with Gasteiger partial charge in [-0.1, -0.05) is 17.7 Å². The lowest BCUT2D eigenvalue weighted by Gasteiger charge is -2.22. The number of hydrogen-bond donors (Lipinski definition) is 1. The number of benzene rings is 1. The van der Waals surface area contributed by atoms with Gasteiger partial charge in [-0.25, -0.2) is 0 Å². The fraction of sp³-hybridized carbons (Fsp3) is 0.538. The molecule has 1 aromatic carbocycles. The summed E-state index contributed by atoms with van der Waals surface area (Å²) in [6.07, 6.45) is 2.48. The Morgan fingerprint density at radius 3 is 2.53 bits per heavy atom. The van der Waals surface area contributed by atoms with Crippen LogP contribution in [-0.4, -0.2) is 19.7 Å². The molecule has 0 amide bonds. The second-order valence-corrected chi connectivity index (χ2v) is 4.32. The molecule has 0 bridgehead atoms. The molecule has 0 radical (unpaired) electrons. The van der Waals surface area contributed by atoms with E-state index in [0.717, 1.165) is 31.4 Å². The zero-order chi connectivity index (χ0) is 10.5. The van der Waals surface area contributed by atoms with Crippen LogP contribution < -0.4 is 10.1 Å². The van der Waals surface area contributed by atoms with Crippen molar-refractivity contribution in [1.29, 1.82) is 0 Å². The number of ether oxygens (including phenoxy) is 1. The quantitative estimate of drug-likeness (QED) is 0.818. The van der Waals surface area contributed by atoms with E-state index < -0.39 is 0 Å². The Hall–Kier alpha value is -1.02. The van der Waals surface area contributed by atoms with E-state index >= 15 is 0 Å². The molecule has 1 heterocycles. The number of rotatable bonds is 3. The predicted octanol–water partition coefficient (Wildman–Crippen LogP) is 2.37. The van der Waals surface area contributed by atoms with Gasteiger partial charge in [0.25, 0.3) is 0 Å². The van der Waals surface area contributed by atoms with Crippen LogP contribution in [0, 0.1) is 12.8 Å². The molecule has 0 aliphatic carbocycles. The highest BCUT2D eigenvalue weighted by Crippen LogP contribution is 2.16. The van der Waals surface area contributed by atoms with E-state index in [0.29, 0.717) is 0 Å². The molecular weight excluding hydrogens is 186 g/mol. The van der Waals surface area contributed by atoms with E-state index in [1.54, 1.807) is 0 Å².